The molecular formula is C48H79N3O6+2. The summed E-state index contributed by atoms with van der Waals surface area (Å²) >= 11 is 0. The average molecular weight is 794 g/mol. The highest BCUT2D eigenvalue weighted by atomic mass is 16.5. The molecule has 0 radical (unpaired) electrons. The molecule has 15 unspecified atom stereocenters. The van der Waals surface area contributed by atoms with E-state index in [1.165, 1.54) is 38.5 Å². The number of allylic oxidation sites excluding steroid dienone is 2. The fourth-order valence-corrected chi connectivity index (χ4v) is 13.1. The maximum atomic E-state index is 14.3. The average Bonchev–Trinajstić information content (AvgIpc) is 3.26. The van der Waals surface area contributed by atoms with Gasteiger partial charge in [-0.05, 0) is 132 Å². The summed E-state index contributed by atoms with van der Waals surface area (Å²) in [4.78, 5) is 26.3. The predicted octanol–water partition coefficient (Wildman–Crippen LogP) is 4.16. The minimum atomic E-state index is -1.04. The van der Waals surface area contributed by atoms with Crippen molar-refractivity contribution in [3.8, 4) is 11.8 Å². The van der Waals surface area contributed by atoms with Crippen LogP contribution in [0.1, 0.15) is 148 Å². The molecule has 9 nitrogen and oxygen atoms in total. The van der Waals surface area contributed by atoms with Gasteiger partial charge in [-0.3, -0.25) is 15.3 Å². The number of fused-ring (bicyclic) bond motifs is 2. The second-order valence-corrected chi connectivity index (χ2v) is 20.4. The van der Waals surface area contributed by atoms with Gasteiger partial charge in [0.05, 0.1) is 50.0 Å². The number of ether oxygens (including phenoxy) is 1. The molecule has 0 bridgehead atoms. The van der Waals surface area contributed by atoms with Gasteiger partial charge in [0.2, 0.25) is 0 Å². The van der Waals surface area contributed by atoms with Crippen LogP contribution in [0.5, 0.6) is 0 Å². The molecule has 5 aliphatic carbocycles. The van der Waals surface area contributed by atoms with Crippen molar-refractivity contribution in [2.24, 2.45) is 64.4 Å². The molecule has 2 aliphatic heterocycles. The summed E-state index contributed by atoms with van der Waals surface area (Å²) in [7, 11) is 1.67. The quantitative estimate of drug-likeness (QED) is 0.128. The Labute approximate surface area is 343 Å². The molecule has 320 valence electrons. The first kappa shape index (κ1) is 43.4. The first-order valence-electron chi connectivity index (χ1n) is 23.8. The Bertz CT molecular complexity index is 1420. The van der Waals surface area contributed by atoms with Gasteiger partial charge in [-0.15, -0.1) is 0 Å². The van der Waals surface area contributed by atoms with Crippen molar-refractivity contribution in [3.63, 3.8) is 0 Å². The van der Waals surface area contributed by atoms with Crippen LogP contribution in [0.3, 0.4) is 0 Å². The van der Waals surface area contributed by atoms with Crippen molar-refractivity contribution in [1.82, 2.24) is 0 Å². The van der Waals surface area contributed by atoms with Crippen LogP contribution in [0.4, 0.5) is 0 Å². The normalized spacial score (nSPS) is 41.9. The molecule has 1 spiro atoms. The molecule has 2 saturated heterocycles. The number of quaternary nitrogens is 2. The molecule has 2 heterocycles. The van der Waals surface area contributed by atoms with Crippen molar-refractivity contribution in [2.45, 2.75) is 184 Å². The molecule has 9 N–H and O–H groups in total. The van der Waals surface area contributed by atoms with Crippen molar-refractivity contribution in [3.05, 3.63) is 12.2 Å². The van der Waals surface area contributed by atoms with E-state index in [4.69, 9.17) is 10.5 Å². The zero-order valence-electron chi connectivity index (χ0n) is 35.3. The summed E-state index contributed by atoms with van der Waals surface area (Å²) in [5.74, 6) is 11.1. The lowest BCUT2D eigenvalue weighted by Crippen LogP contribution is -2.95. The van der Waals surface area contributed by atoms with E-state index in [9.17, 15) is 24.9 Å². The molecule has 0 aromatic carbocycles. The Hall–Kier alpha value is -1.64. The van der Waals surface area contributed by atoms with Gasteiger partial charge in [0, 0.05) is 50.5 Å². The van der Waals surface area contributed by atoms with Crippen molar-refractivity contribution < 1.29 is 40.3 Å². The van der Waals surface area contributed by atoms with Gasteiger partial charge in [-0.2, -0.15) is 0 Å². The molecule has 0 aromatic heterocycles. The van der Waals surface area contributed by atoms with Crippen LogP contribution in [0.15, 0.2) is 12.2 Å². The Morgan fingerprint density at radius 2 is 1.72 bits per heavy atom. The van der Waals surface area contributed by atoms with Crippen molar-refractivity contribution in [2.75, 3.05) is 20.2 Å². The van der Waals surface area contributed by atoms with E-state index in [2.05, 4.69) is 34.6 Å². The summed E-state index contributed by atoms with van der Waals surface area (Å²) in [5.41, 5.74) is 5.40. The third-order valence-electron chi connectivity index (χ3n) is 16.8. The summed E-state index contributed by atoms with van der Waals surface area (Å²) in [5, 5.41) is 39.6. The first-order valence-corrected chi connectivity index (χ1v) is 23.8. The maximum Gasteiger partial charge on any atom is 0.153 e. The van der Waals surface area contributed by atoms with E-state index in [-0.39, 0.29) is 35.8 Å². The van der Waals surface area contributed by atoms with Crippen molar-refractivity contribution in [1.29, 1.82) is 0 Å². The van der Waals surface area contributed by atoms with Gasteiger partial charge in [0.15, 0.2) is 5.78 Å². The van der Waals surface area contributed by atoms with Crippen LogP contribution in [0.25, 0.3) is 0 Å². The van der Waals surface area contributed by atoms with Crippen LogP contribution >= 0.6 is 0 Å². The summed E-state index contributed by atoms with van der Waals surface area (Å²) < 4.78 is 5.74. The minimum absolute atomic E-state index is 0.0693. The van der Waals surface area contributed by atoms with Crippen LogP contribution in [0.2, 0.25) is 0 Å². The number of nitrogens with two attached hydrogens (primary N) is 3. The smallest absolute Gasteiger partial charge is 0.153 e. The SMILES string of the molecule is COC1CC2CCC(=O)C3(C#CC(CCC(O)CC(C=CC4CCCCC4)C4CC[NH2+]C(N)C4)C2CC1O)CCC(CCC1C[NH2+]C2CC(=O)CCC2C1)CC3O. The Morgan fingerprint density at radius 1 is 0.912 bits per heavy atom. The fraction of sp³-hybridized carbons (Fsp3) is 0.875. The standard InChI is InChI=1S/C48H77N3O6/c1-57-44-26-37-13-16-45(55)48(20-17-32(24-46(48)56)7-8-33-23-38-12-15-40(53)28-42(38)51-30-33)21-18-34(41(37)29-43(44)54)11-14-39(52)25-35(36-19-22-50-47(49)27-36)10-9-31-5-3-2-4-6-31/h9-10,31-39,41-44,46-47,50-52,54,56H,2-8,11-17,19-20,22-30,49H2,1H3/p+2. The molecule has 9 heteroatoms. The molecule has 6 fully saturated rings. The number of aliphatic hydroxyl groups excluding tert-OH is 3. The molecule has 7 rings (SSSR count). The van der Waals surface area contributed by atoms with E-state index in [1.54, 1.807) is 7.11 Å². The van der Waals surface area contributed by atoms with Gasteiger partial charge in [-0.25, -0.2) is 0 Å². The number of ketones is 2. The summed E-state index contributed by atoms with van der Waals surface area (Å²) in [6, 6.07) is 0.483. The fourth-order valence-electron chi connectivity index (χ4n) is 13.1. The van der Waals surface area contributed by atoms with Gasteiger partial charge in [0.1, 0.15) is 17.4 Å². The van der Waals surface area contributed by atoms with E-state index in [0.717, 1.165) is 77.3 Å². The van der Waals surface area contributed by atoms with E-state index >= 15 is 0 Å². The summed E-state index contributed by atoms with van der Waals surface area (Å²) in [6.45, 7) is 2.14. The lowest BCUT2D eigenvalue weighted by atomic mass is 9.64. The molecule has 4 saturated carbocycles. The van der Waals surface area contributed by atoms with Gasteiger partial charge < -0.3 is 30.7 Å². The van der Waals surface area contributed by atoms with Crippen molar-refractivity contribution >= 4 is 11.6 Å². The van der Waals surface area contributed by atoms with Gasteiger partial charge >= 0.3 is 0 Å². The highest BCUT2D eigenvalue weighted by Gasteiger charge is 2.49. The molecule has 0 aromatic rings. The van der Waals surface area contributed by atoms with Crippen LogP contribution in [0, 0.1) is 70.5 Å². The maximum absolute atomic E-state index is 14.3. The van der Waals surface area contributed by atoms with Crippen LogP contribution in [-0.2, 0) is 14.3 Å². The number of carbonyl (C=O) groups is 2. The number of rotatable bonds is 12. The highest BCUT2D eigenvalue weighted by molar-refractivity contribution is 5.89. The lowest BCUT2D eigenvalue weighted by molar-refractivity contribution is -0.711. The third-order valence-corrected chi connectivity index (χ3v) is 16.8. The number of Topliss-reactive ketones (excluding diaryl/α,β-unsaturated/α-hetero) is 2. The lowest BCUT2D eigenvalue weighted by Gasteiger charge is -2.41. The van der Waals surface area contributed by atoms with E-state index in [1.807, 2.05) is 0 Å². The predicted molar refractivity (Wildman–Crippen MR) is 221 cm³/mol. The Balaban J connectivity index is 1.02. The molecule has 15 atom stereocenters. The first-order chi connectivity index (χ1) is 27.6. The number of methoxy groups -OCH3 is 1. The molecule has 57 heavy (non-hydrogen) atoms. The second kappa shape index (κ2) is 20.3. The zero-order chi connectivity index (χ0) is 39.9. The highest BCUT2D eigenvalue weighted by Crippen LogP contribution is 2.47. The topological polar surface area (TPSA) is 163 Å². The Morgan fingerprint density at radius 3 is 2.51 bits per heavy atom. The van der Waals surface area contributed by atoms with E-state index < -0.39 is 23.7 Å². The van der Waals surface area contributed by atoms with Crippen LogP contribution in [-0.4, -0.2) is 83.7 Å². The zero-order valence-corrected chi connectivity index (χ0v) is 35.3. The molecule has 7 aliphatic rings. The van der Waals surface area contributed by atoms with Crippen LogP contribution < -0.4 is 16.4 Å². The summed E-state index contributed by atoms with van der Waals surface area (Å²) in [6.07, 6.45) is 24.2. The van der Waals surface area contributed by atoms with Gasteiger partial charge in [0.25, 0.3) is 0 Å². The van der Waals surface area contributed by atoms with Gasteiger partial charge in [-0.1, -0.05) is 43.3 Å². The minimum Gasteiger partial charge on any atom is -0.393 e. The number of hydrogen-bond donors (Lipinski definition) is 6. The number of hydrogen-bond acceptors (Lipinski definition) is 7. The monoisotopic (exact) mass is 794 g/mol. The number of aliphatic hydroxyl groups is 3. The largest absolute Gasteiger partial charge is 0.393 e. The Kier molecular flexibility index (Phi) is 15.5. The second-order valence-electron chi connectivity index (χ2n) is 20.4. The third kappa shape index (κ3) is 11.0. The molecule has 0 amide bonds. The molecular weight excluding hydrogens is 715 g/mol. The number of carbonyl (C=O) groups excluding carboxylic acids is 2. The van der Waals surface area contributed by atoms with E-state index in [0.29, 0.717) is 92.3 Å². The number of piperidine rings is 2.